The standard InChI is InChI=1S/C12H17N5O/c13-10-1-2-11-14-15-12(17(11)9-10)3-4-16-5-7-18-8-6-16/h1-2,9H,3-8,13H2. The molecule has 1 saturated heterocycles. The number of morpholine rings is 1. The zero-order chi connectivity index (χ0) is 12.4. The number of aromatic nitrogens is 3. The van der Waals surface area contributed by atoms with E-state index in [-0.39, 0.29) is 0 Å². The van der Waals surface area contributed by atoms with Gasteiger partial charge in [0.25, 0.3) is 0 Å². The lowest BCUT2D eigenvalue weighted by Gasteiger charge is -2.26. The van der Waals surface area contributed by atoms with Crippen molar-refractivity contribution in [2.24, 2.45) is 0 Å². The molecule has 0 bridgehead atoms. The van der Waals surface area contributed by atoms with Crippen molar-refractivity contribution in [2.75, 3.05) is 38.6 Å². The molecule has 1 fully saturated rings. The van der Waals surface area contributed by atoms with Crippen molar-refractivity contribution in [3.05, 3.63) is 24.2 Å². The number of hydrogen-bond donors (Lipinski definition) is 1. The van der Waals surface area contributed by atoms with Crippen LogP contribution in [0.1, 0.15) is 5.82 Å². The highest BCUT2D eigenvalue weighted by molar-refractivity contribution is 5.47. The van der Waals surface area contributed by atoms with Crippen molar-refractivity contribution in [1.29, 1.82) is 0 Å². The van der Waals surface area contributed by atoms with Crippen molar-refractivity contribution >= 4 is 11.3 Å². The van der Waals surface area contributed by atoms with Crippen molar-refractivity contribution < 1.29 is 4.74 Å². The number of nitrogens with two attached hydrogens (primary N) is 1. The third-order valence-corrected chi connectivity index (χ3v) is 3.25. The Morgan fingerprint density at radius 1 is 1.22 bits per heavy atom. The fourth-order valence-corrected chi connectivity index (χ4v) is 2.21. The number of nitrogen functional groups attached to an aromatic ring is 1. The molecule has 2 aromatic heterocycles. The van der Waals surface area contributed by atoms with E-state index in [2.05, 4.69) is 15.1 Å². The van der Waals surface area contributed by atoms with Crippen LogP contribution in [-0.2, 0) is 11.2 Å². The van der Waals surface area contributed by atoms with Crippen molar-refractivity contribution in [1.82, 2.24) is 19.5 Å². The molecule has 0 saturated carbocycles. The molecule has 0 aliphatic carbocycles. The molecule has 96 valence electrons. The number of rotatable bonds is 3. The van der Waals surface area contributed by atoms with Gasteiger partial charge >= 0.3 is 0 Å². The third-order valence-electron chi connectivity index (χ3n) is 3.25. The molecule has 0 amide bonds. The molecule has 0 aromatic carbocycles. The van der Waals surface area contributed by atoms with Crippen LogP contribution >= 0.6 is 0 Å². The summed E-state index contributed by atoms with van der Waals surface area (Å²) in [6.45, 7) is 4.64. The number of pyridine rings is 1. The van der Waals surface area contributed by atoms with Crippen LogP contribution < -0.4 is 5.73 Å². The second kappa shape index (κ2) is 4.91. The van der Waals surface area contributed by atoms with Crippen LogP contribution in [0.3, 0.4) is 0 Å². The average Bonchev–Trinajstić information content (AvgIpc) is 2.80. The molecule has 0 unspecified atom stereocenters. The smallest absolute Gasteiger partial charge is 0.160 e. The van der Waals surface area contributed by atoms with Gasteiger partial charge in [-0.15, -0.1) is 10.2 Å². The van der Waals surface area contributed by atoms with Gasteiger partial charge in [-0.25, -0.2) is 0 Å². The zero-order valence-corrected chi connectivity index (χ0v) is 10.2. The van der Waals surface area contributed by atoms with E-state index in [4.69, 9.17) is 10.5 Å². The Kier molecular flexibility index (Phi) is 3.12. The number of ether oxygens (including phenoxy) is 1. The maximum Gasteiger partial charge on any atom is 0.160 e. The van der Waals surface area contributed by atoms with E-state index in [1.54, 1.807) is 0 Å². The average molecular weight is 247 g/mol. The van der Waals surface area contributed by atoms with Gasteiger partial charge in [0.2, 0.25) is 0 Å². The largest absolute Gasteiger partial charge is 0.398 e. The van der Waals surface area contributed by atoms with E-state index in [1.165, 1.54) is 0 Å². The summed E-state index contributed by atoms with van der Waals surface area (Å²) < 4.78 is 7.30. The Morgan fingerprint density at radius 3 is 2.89 bits per heavy atom. The van der Waals surface area contributed by atoms with Gasteiger partial charge in [-0.05, 0) is 12.1 Å². The summed E-state index contributed by atoms with van der Waals surface area (Å²) in [5, 5.41) is 8.36. The molecule has 0 radical (unpaired) electrons. The number of nitrogens with zero attached hydrogens (tertiary/aromatic N) is 4. The van der Waals surface area contributed by atoms with Crippen LogP contribution in [0.5, 0.6) is 0 Å². The quantitative estimate of drug-likeness (QED) is 0.838. The Bertz CT molecular complexity index is 532. The topological polar surface area (TPSA) is 68.7 Å². The molecule has 1 aliphatic heterocycles. The van der Waals surface area contributed by atoms with Crippen LogP contribution in [-0.4, -0.2) is 52.3 Å². The Balaban J connectivity index is 1.72. The summed E-state index contributed by atoms with van der Waals surface area (Å²) in [5.41, 5.74) is 7.37. The summed E-state index contributed by atoms with van der Waals surface area (Å²) in [5.74, 6) is 0.962. The van der Waals surface area contributed by atoms with Crippen LogP contribution in [0.15, 0.2) is 18.3 Å². The molecule has 2 aromatic rings. The van der Waals surface area contributed by atoms with Gasteiger partial charge in [0.1, 0.15) is 5.82 Å². The Labute approximate surface area is 105 Å². The number of hydrogen-bond acceptors (Lipinski definition) is 5. The predicted molar refractivity (Wildman–Crippen MR) is 68.4 cm³/mol. The first-order valence-electron chi connectivity index (χ1n) is 6.22. The van der Waals surface area contributed by atoms with Gasteiger partial charge in [-0.1, -0.05) is 0 Å². The lowest BCUT2D eigenvalue weighted by Crippen LogP contribution is -2.37. The van der Waals surface area contributed by atoms with E-state index < -0.39 is 0 Å². The van der Waals surface area contributed by atoms with Crippen molar-refractivity contribution in [2.45, 2.75) is 6.42 Å². The maximum atomic E-state index is 5.79. The van der Waals surface area contributed by atoms with Crippen LogP contribution in [0, 0.1) is 0 Å². The van der Waals surface area contributed by atoms with E-state index >= 15 is 0 Å². The van der Waals surface area contributed by atoms with E-state index in [1.807, 2.05) is 22.7 Å². The lowest BCUT2D eigenvalue weighted by molar-refractivity contribution is 0.0382. The van der Waals surface area contributed by atoms with Gasteiger partial charge in [-0.2, -0.15) is 0 Å². The first-order valence-corrected chi connectivity index (χ1v) is 6.22. The highest BCUT2D eigenvalue weighted by Gasteiger charge is 2.12. The summed E-state index contributed by atoms with van der Waals surface area (Å²) in [4.78, 5) is 2.39. The first kappa shape index (κ1) is 11.4. The van der Waals surface area contributed by atoms with E-state index in [0.717, 1.165) is 56.4 Å². The highest BCUT2D eigenvalue weighted by atomic mass is 16.5. The molecular formula is C12H17N5O. The molecule has 2 N–H and O–H groups in total. The van der Waals surface area contributed by atoms with Gasteiger partial charge < -0.3 is 10.5 Å². The number of anilines is 1. The van der Waals surface area contributed by atoms with Gasteiger partial charge in [0.05, 0.1) is 13.2 Å². The third kappa shape index (κ3) is 2.30. The van der Waals surface area contributed by atoms with Crippen LogP contribution in [0.25, 0.3) is 5.65 Å². The highest BCUT2D eigenvalue weighted by Crippen LogP contribution is 2.09. The van der Waals surface area contributed by atoms with Gasteiger partial charge in [0, 0.05) is 37.9 Å². The summed E-state index contributed by atoms with van der Waals surface area (Å²) in [6.07, 6.45) is 2.76. The van der Waals surface area contributed by atoms with Gasteiger partial charge in [0.15, 0.2) is 5.65 Å². The van der Waals surface area contributed by atoms with Crippen molar-refractivity contribution in [3.63, 3.8) is 0 Å². The fraction of sp³-hybridized carbons (Fsp3) is 0.500. The summed E-state index contributed by atoms with van der Waals surface area (Å²) >= 11 is 0. The predicted octanol–water partition coefficient (Wildman–Crippen LogP) is 0.186. The zero-order valence-electron chi connectivity index (χ0n) is 10.2. The second-order valence-corrected chi connectivity index (χ2v) is 4.51. The molecule has 6 heteroatoms. The molecule has 6 nitrogen and oxygen atoms in total. The minimum Gasteiger partial charge on any atom is -0.398 e. The Morgan fingerprint density at radius 2 is 2.06 bits per heavy atom. The van der Waals surface area contributed by atoms with Crippen LogP contribution in [0.2, 0.25) is 0 Å². The van der Waals surface area contributed by atoms with Crippen molar-refractivity contribution in [3.8, 4) is 0 Å². The molecule has 3 heterocycles. The normalized spacial score (nSPS) is 17.3. The molecular weight excluding hydrogens is 230 g/mol. The Hall–Kier alpha value is -1.66. The monoisotopic (exact) mass is 247 g/mol. The minimum atomic E-state index is 0.731. The summed E-state index contributed by atoms with van der Waals surface area (Å²) in [6, 6.07) is 3.73. The molecule has 0 atom stereocenters. The molecule has 3 rings (SSSR count). The van der Waals surface area contributed by atoms with Crippen LogP contribution in [0.4, 0.5) is 5.69 Å². The summed E-state index contributed by atoms with van der Waals surface area (Å²) in [7, 11) is 0. The SMILES string of the molecule is Nc1ccc2nnc(CCN3CCOCC3)n2c1. The van der Waals surface area contributed by atoms with E-state index in [0.29, 0.717) is 0 Å². The second-order valence-electron chi connectivity index (χ2n) is 4.51. The molecule has 0 spiro atoms. The maximum absolute atomic E-state index is 5.79. The van der Waals surface area contributed by atoms with E-state index in [9.17, 15) is 0 Å². The number of fused-ring (bicyclic) bond motifs is 1. The minimum absolute atomic E-state index is 0.731. The molecule has 1 aliphatic rings. The lowest BCUT2D eigenvalue weighted by atomic mass is 10.3. The fourth-order valence-electron chi connectivity index (χ4n) is 2.21. The first-order chi connectivity index (χ1) is 8.83. The molecule has 18 heavy (non-hydrogen) atoms. The van der Waals surface area contributed by atoms with Gasteiger partial charge in [-0.3, -0.25) is 9.30 Å².